The van der Waals surface area contributed by atoms with Crippen molar-refractivity contribution in [2.45, 2.75) is 32.7 Å². The predicted octanol–water partition coefficient (Wildman–Crippen LogP) is 6.05. The Bertz CT molecular complexity index is 904. The summed E-state index contributed by atoms with van der Waals surface area (Å²) in [6.45, 7) is 5.24. The molecule has 2 aromatic rings. The van der Waals surface area contributed by atoms with Gasteiger partial charge < -0.3 is 18.9 Å². The Balaban J connectivity index is 1.59. The number of aryl methyl sites for hydroxylation is 1. The Labute approximate surface area is 184 Å². The van der Waals surface area contributed by atoms with E-state index >= 15 is 0 Å². The zero-order valence-corrected chi connectivity index (χ0v) is 18.0. The van der Waals surface area contributed by atoms with Crippen LogP contribution in [0.2, 0.25) is 0 Å². The van der Waals surface area contributed by atoms with Crippen molar-refractivity contribution in [3.05, 3.63) is 76.9 Å². The zero-order chi connectivity index (χ0) is 23.1. The second-order valence-electron chi connectivity index (χ2n) is 7.62. The molecule has 1 fully saturated rings. The fourth-order valence-corrected chi connectivity index (χ4v) is 3.28. The molecule has 0 saturated carbocycles. The first kappa shape index (κ1) is 24.2. The molecule has 0 bridgehead atoms. The van der Waals surface area contributed by atoms with Gasteiger partial charge in [0.1, 0.15) is 17.4 Å². The Morgan fingerprint density at radius 3 is 2.50 bits per heavy atom. The number of allylic oxidation sites excluding steroid dienone is 1. The second kappa shape index (κ2) is 10.9. The van der Waals surface area contributed by atoms with Crippen LogP contribution < -0.4 is 4.74 Å². The summed E-state index contributed by atoms with van der Waals surface area (Å²) in [7, 11) is 0. The standard InChI is InChI=1S/C24H26F4O4/c1-3-4-5-8-29-13-17-14-30-23(31-15-17)18-6-7-21(22(26)11-18)24(27,28)32-20-10-16(2)9-19(25)12-20/h3-4,6-7,9-12,17,23H,5,8,13-15H2,1-2H3/b4-3+. The molecule has 1 saturated heterocycles. The predicted molar refractivity (Wildman–Crippen MR) is 110 cm³/mol. The Morgan fingerprint density at radius 2 is 1.84 bits per heavy atom. The van der Waals surface area contributed by atoms with Crippen LogP contribution in [0.25, 0.3) is 0 Å². The van der Waals surface area contributed by atoms with Crippen LogP contribution in [0, 0.1) is 24.5 Å². The smallest absolute Gasteiger partial charge is 0.429 e. The van der Waals surface area contributed by atoms with Gasteiger partial charge in [-0.3, -0.25) is 0 Å². The van der Waals surface area contributed by atoms with Crippen molar-refractivity contribution in [1.82, 2.24) is 0 Å². The molecule has 1 aliphatic rings. The van der Waals surface area contributed by atoms with Gasteiger partial charge in [0, 0.05) is 17.5 Å². The molecule has 0 N–H and O–H groups in total. The zero-order valence-electron chi connectivity index (χ0n) is 18.0. The Hall–Kier alpha value is -2.42. The van der Waals surface area contributed by atoms with E-state index in [9.17, 15) is 17.6 Å². The van der Waals surface area contributed by atoms with Crippen LogP contribution in [0.3, 0.4) is 0 Å². The number of ether oxygens (including phenoxy) is 4. The highest BCUT2D eigenvalue weighted by atomic mass is 19.3. The highest BCUT2D eigenvalue weighted by molar-refractivity contribution is 5.32. The van der Waals surface area contributed by atoms with E-state index in [-0.39, 0.29) is 11.5 Å². The quantitative estimate of drug-likeness (QED) is 0.263. The molecule has 0 aliphatic carbocycles. The largest absolute Gasteiger partial charge is 0.429 e. The lowest BCUT2D eigenvalue weighted by atomic mass is 10.1. The van der Waals surface area contributed by atoms with E-state index in [1.54, 1.807) is 0 Å². The van der Waals surface area contributed by atoms with Crippen LogP contribution >= 0.6 is 0 Å². The highest BCUT2D eigenvalue weighted by Gasteiger charge is 2.38. The summed E-state index contributed by atoms with van der Waals surface area (Å²) in [5.74, 6) is -2.26. The van der Waals surface area contributed by atoms with Gasteiger partial charge in [-0.1, -0.05) is 18.2 Å². The lowest BCUT2D eigenvalue weighted by Gasteiger charge is -2.29. The first-order valence-electron chi connectivity index (χ1n) is 10.3. The molecular formula is C24H26F4O4. The van der Waals surface area contributed by atoms with E-state index in [1.807, 2.05) is 19.1 Å². The van der Waals surface area contributed by atoms with E-state index < -0.39 is 35.3 Å². The SMILES string of the molecule is C/C=C/CCOCC1COC(c2ccc(C(F)(F)Oc3cc(C)cc(F)c3)c(F)c2)OC1. The van der Waals surface area contributed by atoms with Crippen LogP contribution in [-0.2, 0) is 20.3 Å². The van der Waals surface area contributed by atoms with Crippen molar-refractivity contribution in [1.29, 1.82) is 0 Å². The van der Waals surface area contributed by atoms with Gasteiger partial charge in [-0.15, -0.1) is 0 Å². The molecule has 1 heterocycles. The van der Waals surface area contributed by atoms with E-state index in [0.717, 1.165) is 24.6 Å². The lowest BCUT2D eigenvalue weighted by molar-refractivity contribution is -0.212. The van der Waals surface area contributed by atoms with Crippen molar-refractivity contribution in [3.8, 4) is 5.75 Å². The van der Waals surface area contributed by atoms with Gasteiger partial charge in [0.25, 0.3) is 0 Å². The van der Waals surface area contributed by atoms with Gasteiger partial charge in [0.05, 0.1) is 32.0 Å². The van der Waals surface area contributed by atoms with Crippen molar-refractivity contribution in [3.63, 3.8) is 0 Å². The minimum atomic E-state index is -3.99. The molecule has 0 atom stereocenters. The highest BCUT2D eigenvalue weighted by Crippen LogP contribution is 2.35. The van der Waals surface area contributed by atoms with Gasteiger partial charge in [-0.25, -0.2) is 8.78 Å². The summed E-state index contributed by atoms with van der Waals surface area (Å²) in [5.41, 5.74) is -0.290. The van der Waals surface area contributed by atoms with Crippen LogP contribution in [0.1, 0.15) is 36.3 Å². The number of benzene rings is 2. The molecule has 0 aromatic heterocycles. The van der Waals surface area contributed by atoms with Gasteiger partial charge >= 0.3 is 6.11 Å². The number of rotatable bonds is 9. The van der Waals surface area contributed by atoms with Crippen LogP contribution in [0.15, 0.2) is 48.6 Å². The summed E-state index contributed by atoms with van der Waals surface area (Å²) < 4.78 is 78.4. The van der Waals surface area contributed by atoms with Gasteiger partial charge in [-0.05, 0) is 50.1 Å². The van der Waals surface area contributed by atoms with Crippen LogP contribution in [0.5, 0.6) is 5.75 Å². The summed E-state index contributed by atoms with van der Waals surface area (Å²) in [4.78, 5) is 0. The summed E-state index contributed by atoms with van der Waals surface area (Å²) in [5, 5.41) is 0. The molecule has 0 unspecified atom stereocenters. The monoisotopic (exact) mass is 454 g/mol. The van der Waals surface area contributed by atoms with Crippen LogP contribution in [0.4, 0.5) is 17.6 Å². The average Bonchev–Trinajstić information content (AvgIpc) is 2.72. The molecule has 174 valence electrons. The third-order valence-corrected chi connectivity index (χ3v) is 4.83. The first-order chi connectivity index (χ1) is 15.3. The molecule has 2 aromatic carbocycles. The maximum atomic E-state index is 14.5. The third kappa shape index (κ3) is 6.54. The minimum Gasteiger partial charge on any atom is -0.429 e. The number of hydrogen-bond acceptors (Lipinski definition) is 4. The second-order valence-corrected chi connectivity index (χ2v) is 7.62. The normalized spacial score (nSPS) is 19.4. The third-order valence-electron chi connectivity index (χ3n) is 4.83. The van der Waals surface area contributed by atoms with E-state index in [0.29, 0.717) is 32.0 Å². The topological polar surface area (TPSA) is 36.9 Å². The maximum Gasteiger partial charge on any atom is 0.429 e. The fraction of sp³-hybridized carbons (Fsp3) is 0.417. The Morgan fingerprint density at radius 1 is 1.09 bits per heavy atom. The summed E-state index contributed by atoms with van der Waals surface area (Å²) in [6, 6.07) is 6.38. The van der Waals surface area contributed by atoms with E-state index in [2.05, 4.69) is 4.74 Å². The molecule has 3 rings (SSSR count). The fourth-order valence-electron chi connectivity index (χ4n) is 3.28. The molecular weight excluding hydrogens is 428 g/mol. The van der Waals surface area contributed by atoms with Crippen LogP contribution in [-0.4, -0.2) is 26.4 Å². The summed E-state index contributed by atoms with van der Waals surface area (Å²) in [6.07, 6.45) is -0.0668. The van der Waals surface area contributed by atoms with E-state index in [1.165, 1.54) is 25.1 Å². The molecule has 0 amide bonds. The number of halogens is 4. The molecule has 0 radical (unpaired) electrons. The molecule has 8 heteroatoms. The average molecular weight is 454 g/mol. The van der Waals surface area contributed by atoms with Gasteiger partial charge in [-0.2, -0.15) is 8.78 Å². The van der Waals surface area contributed by atoms with Gasteiger partial charge in [0.15, 0.2) is 6.29 Å². The van der Waals surface area contributed by atoms with Gasteiger partial charge in [0.2, 0.25) is 0 Å². The van der Waals surface area contributed by atoms with E-state index in [4.69, 9.17) is 14.2 Å². The Kier molecular flexibility index (Phi) is 8.28. The number of alkyl halides is 2. The van der Waals surface area contributed by atoms with Crippen molar-refractivity contribution in [2.75, 3.05) is 26.4 Å². The molecule has 4 nitrogen and oxygen atoms in total. The minimum absolute atomic E-state index is 0.0356. The van der Waals surface area contributed by atoms with Crippen molar-refractivity contribution >= 4 is 0 Å². The maximum absolute atomic E-state index is 14.5. The molecule has 0 spiro atoms. The first-order valence-corrected chi connectivity index (χ1v) is 10.3. The molecule has 1 aliphatic heterocycles. The summed E-state index contributed by atoms with van der Waals surface area (Å²) >= 11 is 0. The molecule has 32 heavy (non-hydrogen) atoms. The van der Waals surface area contributed by atoms with Crippen molar-refractivity contribution in [2.24, 2.45) is 5.92 Å². The van der Waals surface area contributed by atoms with Crippen molar-refractivity contribution < 1.29 is 36.5 Å². The lowest BCUT2D eigenvalue weighted by Crippen LogP contribution is -2.30. The number of hydrogen-bond donors (Lipinski definition) is 0.